The number of sulfonamides is 1. The Kier molecular flexibility index (Phi) is 1.89. The van der Waals surface area contributed by atoms with Gasteiger partial charge in [-0.3, -0.25) is 0 Å². The van der Waals surface area contributed by atoms with Gasteiger partial charge in [-0.1, -0.05) is 0 Å². The average Bonchev–Trinajstić information content (AvgIpc) is 1.35. The summed E-state index contributed by atoms with van der Waals surface area (Å²) in [5.41, 5.74) is 0. The van der Waals surface area contributed by atoms with E-state index < -0.39 is 10.0 Å². The number of rotatable bonds is 1. The second-order valence-corrected chi connectivity index (χ2v) is 3.44. The first-order chi connectivity index (χ1) is 2.56. The fourth-order valence-corrected chi connectivity index (χ4v) is 0. The van der Waals surface area contributed by atoms with Crippen LogP contribution >= 0.6 is 12.8 Å². The molecule has 0 heterocycles. The molecule has 0 amide bonds. The minimum atomic E-state index is -2.92. The highest BCUT2D eigenvalue weighted by molar-refractivity contribution is 7.91. The Morgan fingerprint density at radius 3 is 1.83 bits per heavy atom. The second-order valence-electron chi connectivity index (χ2n) is 0.935. The van der Waals surface area contributed by atoms with E-state index in [1.807, 2.05) is 0 Å². The standard InChI is InChI=1S/CH5NO2S2/c1-6(3,4)2-5/h2,5H,1H3/p+1. The lowest BCUT2D eigenvalue weighted by molar-refractivity contribution is -0.283. The minimum absolute atomic E-state index is 0.854. The summed E-state index contributed by atoms with van der Waals surface area (Å²) in [6.07, 6.45) is 1.08. The van der Waals surface area contributed by atoms with E-state index >= 15 is 0 Å². The van der Waals surface area contributed by atoms with Gasteiger partial charge in [-0.25, -0.2) is 0 Å². The summed E-state index contributed by atoms with van der Waals surface area (Å²) < 4.78 is 20.6. The molecule has 0 saturated carbocycles. The van der Waals surface area contributed by atoms with Crippen molar-refractivity contribution in [2.45, 2.75) is 0 Å². The third kappa shape index (κ3) is 4.26. The highest BCUT2D eigenvalue weighted by Gasteiger charge is 1.94. The van der Waals surface area contributed by atoms with Crippen LogP contribution in [-0.4, -0.2) is 14.7 Å². The van der Waals surface area contributed by atoms with Crippen LogP contribution in [-0.2, 0) is 10.0 Å². The first-order valence-corrected chi connectivity index (χ1v) is 3.71. The van der Waals surface area contributed by atoms with Crippen LogP contribution in [0.5, 0.6) is 0 Å². The highest BCUT2D eigenvalue weighted by Crippen LogP contribution is 1.54. The average molecular weight is 128 g/mol. The summed E-state index contributed by atoms with van der Waals surface area (Å²) in [6.45, 7) is 0. The lowest BCUT2D eigenvalue weighted by Crippen LogP contribution is -2.76. The molecule has 0 aromatic carbocycles. The number of hydrogen-bond donors (Lipinski definition) is 2. The predicted octanol–water partition coefficient (Wildman–Crippen LogP) is -1.65. The fourth-order valence-electron chi connectivity index (χ4n) is 0. The van der Waals surface area contributed by atoms with Crippen LogP contribution in [0.4, 0.5) is 0 Å². The quantitative estimate of drug-likeness (QED) is 0.416. The van der Waals surface area contributed by atoms with Crippen LogP contribution < -0.4 is 4.13 Å². The summed E-state index contributed by atoms with van der Waals surface area (Å²) in [5, 5.41) is 0. The molecule has 0 atom stereocenters. The van der Waals surface area contributed by atoms with E-state index in [0.29, 0.717) is 0 Å². The topological polar surface area (TPSA) is 50.8 Å². The first-order valence-electron chi connectivity index (χ1n) is 1.24. The zero-order valence-corrected chi connectivity index (χ0v) is 4.96. The van der Waals surface area contributed by atoms with Crippen LogP contribution in [0.3, 0.4) is 0 Å². The molecule has 0 bridgehead atoms. The predicted molar refractivity (Wildman–Crippen MR) is 25.8 cm³/mol. The van der Waals surface area contributed by atoms with Gasteiger partial charge in [0, 0.05) is 0 Å². The van der Waals surface area contributed by atoms with Gasteiger partial charge in [-0.2, -0.15) is 12.5 Å². The molecule has 0 spiro atoms. The molecule has 0 unspecified atom stereocenters. The summed E-state index contributed by atoms with van der Waals surface area (Å²) in [5.74, 6) is 0. The smallest absolute Gasteiger partial charge is 0.183 e. The molecule has 0 aliphatic heterocycles. The molecule has 5 heteroatoms. The molecule has 0 aliphatic carbocycles. The Balaban J connectivity index is 3.85. The molecule has 0 aromatic heterocycles. The third-order valence-corrected chi connectivity index (χ3v) is 1.72. The molecular weight excluding hydrogens is 122 g/mol. The van der Waals surface area contributed by atoms with E-state index in [0.717, 1.165) is 10.4 Å². The van der Waals surface area contributed by atoms with Crippen molar-refractivity contribution < 1.29 is 12.5 Å². The molecular formula is CH6NO2S2+. The SMILES string of the molecule is CS(=O)(=O)[NH2+]S. The van der Waals surface area contributed by atoms with Gasteiger partial charge in [0.2, 0.25) is 0 Å². The summed E-state index contributed by atoms with van der Waals surface area (Å²) in [7, 11) is -2.92. The van der Waals surface area contributed by atoms with E-state index in [9.17, 15) is 8.42 Å². The number of quaternary nitrogens is 1. The Morgan fingerprint density at radius 2 is 1.83 bits per heavy atom. The maximum Gasteiger partial charge on any atom is 0.301 e. The summed E-state index contributed by atoms with van der Waals surface area (Å²) in [4.78, 5) is 0. The number of hydrogen-bond acceptors (Lipinski definition) is 3. The van der Waals surface area contributed by atoms with Gasteiger partial charge in [0.15, 0.2) is 0 Å². The lowest BCUT2D eigenvalue weighted by atomic mass is 12.0. The van der Waals surface area contributed by atoms with Gasteiger partial charge in [-0.15, -0.1) is 0 Å². The maximum absolute atomic E-state index is 9.87. The van der Waals surface area contributed by atoms with E-state index in [1.165, 1.54) is 0 Å². The molecule has 6 heavy (non-hydrogen) atoms. The zero-order valence-electron chi connectivity index (χ0n) is 3.25. The van der Waals surface area contributed by atoms with Crippen molar-refractivity contribution in [1.82, 2.24) is 0 Å². The van der Waals surface area contributed by atoms with Crippen LogP contribution in [0.15, 0.2) is 0 Å². The number of nitrogens with two attached hydrogens (primary N) is 1. The van der Waals surface area contributed by atoms with E-state index in [1.54, 1.807) is 0 Å². The van der Waals surface area contributed by atoms with Crippen molar-refractivity contribution in [3.05, 3.63) is 0 Å². The Bertz CT molecular complexity index is 114. The van der Waals surface area contributed by atoms with Crippen molar-refractivity contribution in [3.63, 3.8) is 0 Å². The third-order valence-electron chi connectivity index (χ3n) is 0.191. The van der Waals surface area contributed by atoms with Crippen molar-refractivity contribution in [2.24, 2.45) is 0 Å². The summed E-state index contributed by atoms with van der Waals surface area (Å²) in [6, 6.07) is 0. The van der Waals surface area contributed by atoms with Crippen molar-refractivity contribution in [2.75, 3.05) is 6.26 Å². The van der Waals surface area contributed by atoms with Crippen LogP contribution in [0.1, 0.15) is 0 Å². The molecule has 3 nitrogen and oxygen atoms in total. The number of thiol groups is 1. The first kappa shape index (κ1) is 6.26. The maximum atomic E-state index is 9.87. The van der Waals surface area contributed by atoms with Gasteiger partial charge in [0.1, 0.15) is 0 Å². The van der Waals surface area contributed by atoms with Crippen molar-refractivity contribution in [1.29, 1.82) is 0 Å². The molecule has 0 fully saturated rings. The monoisotopic (exact) mass is 128 g/mol. The molecule has 0 aromatic rings. The molecule has 2 N–H and O–H groups in total. The van der Waals surface area contributed by atoms with Gasteiger partial charge < -0.3 is 0 Å². The van der Waals surface area contributed by atoms with Crippen LogP contribution in [0, 0.1) is 0 Å². The number of primary sulfonamides is 1. The van der Waals surface area contributed by atoms with E-state index in [4.69, 9.17) is 0 Å². The molecule has 0 radical (unpaired) electrons. The highest BCUT2D eigenvalue weighted by atomic mass is 32.3. The largest absolute Gasteiger partial charge is 0.301 e. The molecule has 0 saturated heterocycles. The molecule has 38 valence electrons. The second kappa shape index (κ2) is 1.81. The Labute approximate surface area is 42.3 Å². The van der Waals surface area contributed by atoms with E-state index in [-0.39, 0.29) is 0 Å². The minimum Gasteiger partial charge on any atom is -0.183 e. The van der Waals surface area contributed by atoms with Gasteiger partial charge in [0.05, 0.1) is 19.1 Å². The van der Waals surface area contributed by atoms with Crippen molar-refractivity contribution in [3.8, 4) is 0 Å². The molecule has 0 aliphatic rings. The lowest BCUT2D eigenvalue weighted by Gasteiger charge is -1.79. The molecule has 0 rings (SSSR count). The van der Waals surface area contributed by atoms with Crippen LogP contribution in [0.25, 0.3) is 0 Å². The van der Waals surface area contributed by atoms with Gasteiger partial charge in [-0.05, 0) is 0 Å². The van der Waals surface area contributed by atoms with E-state index in [2.05, 4.69) is 12.8 Å². The van der Waals surface area contributed by atoms with Crippen molar-refractivity contribution >= 4 is 22.8 Å². The Morgan fingerprint density at radius 1 is 1.67 bits per heavy atom. The zero-order chi connectivity index (χ0) is 5.21. The fraction of sp³-hybridized carbons (Fsp3) is 1.00. The van der Waals surface area contributed by atoms with Crippen LogP contribution in [0.2, 0.25) is 0 Å². The van der Waals surface area contributed by atoms with Gasteiger partial charge in [0.25, 0.3) is 0 Å². The normalized spacial score (nSPS) is 11.7. The Hall–Kier alpha value is 0.260. The van der Waals surface area contributed by atoms with Gasteiger partial charge >= 0.3 is 10.0 Å². The summed E-state index contributed by atoms with van der Waals surface area (Å²) >= 11 is 3.39.